The molecule has 7 heteroatoms. The average Bonchev–Trinajstić information content (AvgIpc) is 2.33. The van der Waals surface area contributed by atoms with Crippen LogP contribution in [0.1, 0.15) is 16.7 Å². The van der Waals surface area contributed by atoms with E-state index in [0.717, 1.165) is 11.1 Å². The molecule has 0 radical (unpaired) electrons. The first-order valence-electron chi connectivity index (χ1n) is 4.99. The van der Waals surface area contributed by atoms with Crippen molar-refractivity contribution < 1.29 is 0 Å². The number of benzene rings is 1. The summed E-state index contributed by atoms with van der Waals surface area (Å²) in [5.41, 5.74) is 12.8. The van der Waals surface area contributed by atoms with Crippen LogP contribution in [-0.2, 0) is 11.5 Å². The molecule has 94 valence electrons. The van der Waals surface area contributed by atoms with Gasteiger partial charge in [-0.15, -0.1) is 0 Å². The summed E-state index contributed by atoms with van der Waals surface area (Å²) < 4.78 is 0. The molecule has 0 unspecified atom stereocenters. The Bertz CT molecular complexity index is 470. The van der Waals surface area contributed by atoms with E-state index in [1.807, 2.05) is 18.2 Å². The molecule has 18 heavy (non-hydrogen) atoms. The van der Waals surface area contributed by atoms with Gasteiger partial charge in [-0.1, -0.05) is 41.7 Å². The summed E-state index contributed by atoms with van der Waals surface area (Å²) in [6.07, 6.45) is 0. The Labute approximate surface area is 114 Å². The first kappa shape index (κ1) is 14.4. The molecule has 0 aliphatic rings. The Hall–Kier alpha value is -1.65. The number of nitrogens with zero attached hydrogens (tertiary/aromatic N) is 1. The Morgan fingerprint density at radius 1 is 1.11 bits per heavy atom. The highest BCUT2D eigenvalue weighted by molar-refractivity contribution is 8.13. The third kappa shape index (κ3) is 4.31. The third-order valence-corrected chi connectivity index (χ3v) is 3.65. The number of nitrogens with one attached hydrogen (secondary N) is 2. The molecule has 0 atom stereocenters. The maximum Gasteiger partial charge on any atom is 0.151 e. The van der Waals surface area contributed by atoms with E-state index in [-0.39, 0.29) is 10.3 Å². The monoisotopic (exact) mass is 279 g/mol. The number of amidine groups is 2. The van der Waals surface area contributed by atoms with Gasteiger partial charge in [-0.2, -0.15) is 5.26 Å². The van der Waals surface area contributed by atoms with Crippen molar-refractivity contribution in [2.45, 2.75) is 11.5 Å². The zero-order valence-corrected chi connectivity index (χ0v) is 11.2. The van der Waals surface area contributed by atoms with Crippen LogP contribution in [0.25, 0.3) is 0 Å². The van der Waals surface area contributed by atoms with E-state index in [4.69, 9.17) is 22.3 Å². The van der Waals surface area contributed by atoms with Gasteiger partial charge >= 0.3 is 0 Å². The molecule has 1 aromatic rings. The van der Waals surface area contributed by atoms with Gasteiger partial charge in [0.25, 0.3) is 0 Å². The van der Waals surface area contributed by atoms with Crippen LogP contribution >= 0.6 is 23.5 Å². The van der Waals surface area contributed by atoms with Crippen LogP contribution in [-0.4, -0.2) is 10.3 Å². The van der Waals surface area contributed by atoms with Gasteiger partial charge in [0.05, 0.1) is 11.6 Å². The van der Waals surface area contributed by atoms with Crippen LogP contribution in [0.4, 0.5) is 0 Å². The van der Waals surface area contributed by atoms with Gasteiger partial charge in [-0.3, -0.25) is 10.8 Å². The van der Waals surface area contributed by atoms with Crippen LogP contribution in [0.3, 0.4) is 0 Å². The Morgan fingerprint density at radius 3 is 1.89 bits per heavy atom. The predicted molar refractivity (Wildman–Crippen MR) is 77.6 cm³/mol. The lowest BCUT2D eigenvalue weighted by molar-refractivity contribution is 1.28. The smallest absolute Gasteiger partial charge is 0.151 e. The second kappa shape index (κ2) is 6.93. The second-order valence-electron chi connectivity index (χ2n) is 3.37. The molecule has 5 nitrogen and oxygen atoms in total. The molecule has 0 aromatic heterocycles. The minimum atomic E-state index is 0.0300. The molecular formula is C11H13N5S2. The summed E-state index contributed by atoms with van der Waals surface area (Å²) in [4.78, 5) is 0. The van der Waals surface area contributed by atoms with Crippen molar-refractivity contribution >= 4 is 33.9 Å². The fourth-order valence-corrected chi connectivity index (χ4v) is 2.45. The number of hydrogen-bond donors (Lipinski definition) is 4. The molecule has 0 aliphatic carbocycles. The summed E-state index contributed by atoms with van der Waals surface area (Å²) in [6, 6.07) is 7.70. The molecule has 0 aliphatic heterocycles. The van der Waals surface area contributed by atoms with E-state index in [0.29, 0.717) is 17.1 Å². The molecule has 0 amide bonds. The topological polar surface area (TPSA) is 124 Å². The van der Waals surface area contributed by atoms with Crippen LogP contribution in [0, 0.1) is 22.1 Å². The molecule has 0 heterocycles. The molecule has 0 saturated carbocycles. The van der Waals surface area contributed by atoms with Crippen LogP contribution in [0.15, 0.2) is 18.2 Å². The summed E-state index contributed by atoms with van der Waals surface area (Å²) in [5.74, 6) is 0.994. The number of hydrogen-bond acceptors (Lipinski definition) is 5. The minimum Gasteiger partial charge on any atom is -0.379 e. The third-order valence-electron chi connectivity index (χ3n) is 2.12. The quantitative estimate of drug-likeness (QED) is 0.494. The molecule has 0 saturated heterocycles. The van der Waals surface area contributed by atoms with E-state index >= 15 is 0 Å². The standard InChI is InChI=1S/C11H13N5S2/c12-4-9-7(5-17-10(13)14)2-1-3-8(9)6-18-11(15)16/h1-3H,5-6H2,(H3,13,14)(H3,15,16). The predicted octanol–water partition coefficient (Wildman–Crippen LogP) is 1.81. The largest absolute Gasteiger partial charge is 0.379 e. The maximum atomic E-state index is 9.19. The van der Waals surface area contributed by atoms with Crippen molar-refractivity contribution in [3.8, 4) is 6.07 Å². The van der Waals surface area contributed by atoms with Crippen molar-refractivity contribution in [1.82, 2.24) is 0 Å². The molecule has 1 aromatic carbocycles. The number of thioether (sulfide) groups is 2. The fraction of sp³-hybridized carbons (Fsp3) is 0.182. The average molecular weight is 279 g/mol. The van der Waals surface area contributed by atoms with Crippen molar-refractivity contribution in [3.05, 3.63) is 34.9 Å². The first-order chi connectivity index (χ1) is 8.54. The normalized spacial score (nSPS) is 9.72. The van der Waals surface area contributed by atoms with E-state index < -0.39 is 0 Å². The molecule has 0 spiro atoms. The van der Waals surface area contributed by atoms with Crippen molar-refractivity contribution in [2.75, 3.05) is 0 Å². The lowest BCUT2D eigenvalue weighted by atomic mass is 10.0. The van der Waals surface area contributed by atoms with Gasteiger partial charge in [0.1, 0.15) is 0 Å². The molecular weight excluding hydrogens is 266 g/mol. The zero-order valence-electron chi connectivity index (χ0n) is 9.56. The molecule has 0 fully saturated rings. The zero-order chi connectivity index (χ0) is 13.5. The highest BCUT2D eigenvalue weighted by Gasteiger charge is 2.09. The van der Waals surface area contributed by atoms with E-state index in [9.17, 15) is 5.26 Å². The summed E-state index contributed by atoms with van der Waals surface area (Å²) >= 11 is 2.37. The van der Waals surface area contributed by atoms with Crippen LogP contribution < -0.4 is 11.5 Å². The Kier molecular flexibility index (Phi) is 5.55. The Balaban J connectivity index is 2.92. The van der Waals surface area contributed by atoms with Crippen molar-refractivity contribution in [2.24, 2.45) is 11.5 Å². The maximum absolute atomic E-state index is 9.19. The molecule has 1 rings (SSSR count). The summed E-state index contributed by atoms with van der Waals surface area (Å²) in [7, 11) is 0. The summed E-state index contributed by atoms with van der Waals surface area (Å²) in [5, 5.41) is 23.6. The van der Waals surface area contributed by atoms with E-state index in [1.165, 1.54) is 23.5 Å². The molecule has 6 N–H and O–H groups in total. The lowest BCUT2D eigenvalue weighted by Gasteiger charge is -2.08. The van der Waals surface area contributed by atoms with Crippen LogP contribution in [0.5, 0.6) is 0 Å². The van der Waals surface area contributed by atoms with Gasteiger partial charge in [0, 0.05) is 11.5 Å². The highest BCUT2D eigenvalue weighted by Crippen LogP contribution is 2.22. The fourth-order valence-electron chi connectivity index (χ4n) is 1.35. The minimum absolute atomic E-state index is 0.0300. The van der Waals surface area contributed by atoms with Crippen molar-refractivity contribution in [3.63, 3.8) is 0 Å². The second-order valence-corrected chi connectivity index (χ2v) is 5.40. The number of nitrogens with two attached hydrogens (primary N) is 2. The van der Waals surface area contributed by atoms with E-state index in [1.54, 1.807) is 0 Å². The van der Waals surface area contributed by atoms with Crippen LogP contribution in [0.2, 0.25) is 0 Å². The van der Waals surface area contributed by atoms with Gasteiger partial charge in [0.2, 0.25) is 0 Å². The Morgan fingerprint density at radius 2 is 1.56 bits per heavy atom. The van der Waals surface area contributed by atoms with E-state index in [2.05, 4.69) is 6.07 Å². The van der Waals surface area contributed by atoms with Gasteiger partial charge < -0.3 is 11.5 Å². The highest BCUT2D eigenvalue weighted by atomic mass is 32.2. The SMILES string of the molecule is N#Cc1c(CSC(=N)N)cccc1CSC(=N)N. The molecule has 0 bridgehead atoms. The summed E-state index contributed by atoms with van der Waals surface area (Å²) in [6.45, 7) is 0. The number of nitriles is 1. The number of rotatable bonds is 4. The van der Waals surface area contributed by atoms with Gasteiger partial charge in [-0.05, 0) is 11.1 Å². The lowest BCUT2D eigenvalue weighted by Crippen LogP contribution is -2.06. The van der Waals surface area contributed by atoms with Gasteiger partial charge in [0.15, 0.2) is 10.3 Å². The van der Waals surface area contributed by atoms with Crippen molar-refractivity contribution in [1.29, 1.82) is 16.1 Å². The van der Waals surface area contributed by atoms with Gasteiger partial charge in [-0.25, -0.2) is 0 Å². The first-order valence-corrected chi connectivity index (χ1v) is 6.96.